The Hall–Kier alpha value is -2.99. The monoisotopic (exact) mass is 352 g/mol. The molecule has 5 nitrogen and oxygen atoms in total. The smallest absolute Gasteiger partial charge is 0.337 e. The van der Waals surface area contributed by atoms with Crippen molar-refractivity contribution >= 4 is 34.0 Å². The number of ether oxygens (including phenoxy) is 1. The highest BCUT2D eigenvalue weighted by Crippen LogP contribution is 2.30. The maximum Gasteiger partial charge on any atom is 0.337 e. The van der Waals surface area contributed by atoms with Crippen molar-refractivity contribution in [2.45, 2.75) is 6.92 Å². The van der Waals surface area contributed by atoms with Crippen LogP contribution in [0.5, 0.6) is 0 Å². The van der Waals surface area contributed by atoms with Crippen molar-refractivity contribution in [2.75, 3.05) is 12.0 Å². The van der Waals surface area contributed by atoms with Crippen LogP contribution in [0.2, 0.25) is 0 Å². The van der Waals surface area contributed by atoms with Crippen molar-refractivity contribution in [1.82, 2.24) is 4.98 Å². The number of esters is 1. The Morgan fingerprint density at radius 2 is 1.64 bits per heavy atom. The molecule has 0 aliphatic carbocycles. The molecule has 1 heterocycles. The lowest BCUT2D eigenvalue weighted by atomic mass is 10.1. The maximum absolute atomic E-state index is 13.1. The lowest BCUT2D eigenvalue weighted by Gasteiger charge is -2.20. The van der Waals surface area contributed by atoms with Crippen LogP contribution in [0.3, 0.4) is 0 Å². The number of methoxy groups -OCH3 is 1. The van der Waals surface area contributed by atoms with Gasteiger partial charge in [0, 0.05) is 10.9 Å². The standard InChI is InChI=1S/C19H16N2O3S/c1-13-12-25-19(20-13)21(16-6-4-3-5-7-16)17(22)14-8-10-15(11-9-14)18(23)24-2/h3-12H,1-2H3. The summed E-state index contributed by atoms with van der Waals surface area (Å²) in [5.74, 6) is -0.647. The number of rotatable bonds is 4. The molecule has 3 aromatic rings. The first-order chi connectivity index (χ1) is 12.1. The number of thiazole rings is 1. The summed E-state index contributed by atoms with van der Waals surface area (Å²) in [7, 11) is 1.32. The topological polar surface area (TPSA) is 59.5 Å². The number of nitrogens with zero attached hydrogens (tertiary/aromatic N) is 2. The number of para-hydroxylation sites is 1. The third kappa shape index (κ3) is 3.59. The van der Waals surface area contributed by atoms with Crippen LogP contribution in [0.4, 0.5) is 10.8 Å². The number of aromatic nitrogens is 1. The van der Waals surface area contributed by atoms with Gasteiger partial charge in [-0.1, -0.05) is 18.2 Å². The molecule has 0 bridgehead atoms. The van der Waals surface area contributed by atoms with Gasteiger partial charge in [-0.25, -0.2) is 9.78 Å². The third-order valence-corrected chi connectivity index (χ3v) is 4.51. The number of amides is 1. The molecule has 25 heavy (non-hydrogen) atoms. The second-order valence-electron chi connectivity index (χ2n) is 5.32. The summed E-state index contributed by atoms with van der Waals surface area (Å²) < 4.78 is 4.68. The molecule has 0 atom stereocenters. The van der Waals surface area contributed by atoms with Gasteiger partial charge in [0.05, 0.1) is 24.1 Å². The highest BCUT2D eigenvalue weighted by molar-refractivity contribution is 7.14. The fourth-order valence-corrected chi connectivity index (χ4v) is 3.15. The number of hydrogen-bond acceptors (Lipinski definition) is 5. The lowest BCUT2D eigenvalue weighted by Crippen LogP contribution is -2.25. The number of carbonyl (C=O) groups excluding carboxylic acids is 2. The van der Waals surface area contributed by atoms with E-state index < -0.39 is 5.97 Å². The largest absolute Gasteiger partial charge is 0.465 e. The number of carbonyl (C=O) groups is 2. The number of aryl methyl sites for hydroxylation is 1. The van der Waals surface area contributed by atoms with Crippen molar-refractivity contribution in [3.05, 3.63) is 76.8 Å². The summed E-state index contributed by atoms with van der Waals surface area (Å²) in [6, 6.07) is 15.7. The van der Waals surface area contributed by atoms with E-state index in [2.05, 4.69) is 9.72 Å². The molecule has 0 aliphatic rings. The average Bonchev–Trinajstić information content (AvgIpc) is 3.08. The minimum Gasteiger partial charge on any atom is -0.465 e. The molecule has 0 saturated heterocycles. The van der Waals surface area contributed by atoms with Crippen LogP contribution in [-0.4, -0.2) is 24.0 Å². The van der Waals surface area contributed by atoms with E-state index in [1.165, 1.54) is 18.4 Å². The summed E-state index contributed by atoms with van der Waals surface area (Å²) in [6.07, 6.45) is 0. The molecule has 126 valence electrons. The Labute approximate surface area is 149 Å². The molecule has 0 radical (unpaired) electrons. The van der Waals surface area contributed by atoms with Crippen LogP contribution < -0.4 is 4.90 Å². The van der Waals surface area contributed by atoms with E-state index >= 15 is 0 Å². The minimum atomic E-state index is -0.436. The quantitative estimate of drug-likeness (QED) is 0.660. The van der Waals surface area contributed by atoms with E-state index in [1.54, 1.807) is 29.2 Å². The Morgan fingerprint density at radius 1 is 1.00 bits per heavy atom. The van der Waals surface area contributed by atoms with Gasteiger partial charge in [-0.05, 0) is 43.3 Å². The first kappa shape index (κ1) is 16.9. The first-order valence-corrected chi connectivity index (χ1v) is 8.48. The van der Waals surface area contributed by atoms with Gasteiger partial charge in [-0.3, -0.25) is 9.69 Å². The molecule has 2 aromatic carbocycles. The Kier molecular flexibility index (Phi) is 4.90. The molecular formula is C19H16N2O3S. The van der Waals surface area contributed by atoms with Crippen molar-refractivity contribution in [3.8, 4) is 0 Å². The van der Waals surface area contributed by atoms with E-state index in [0.717, 1.165) is 11.4 Å². The van der Waals surface area contributed by atoms with Gasteiger partial charge in [0.15, 0.2) is 5.13 Å². The minimum absolute atomic E-state index is 0.211. The second-order valence-corrected chi connectivity index (χ2v) is 6.15. The van der Waals surface area contributed by atoms with Crippen molar-refractivity contribution < 1.29 is 14.3 Å². The predicted molar refractivity (Wildman–Crippen MR) is 97.5 cm³/mol. The molecule has 0 spiro atoms. The molecule has 0 unspecified atom stereocenters. The van der Waals surface area contributed by atoms with Crippen molar-refractivity contribution in [1.29, 1.82) is 0 Å². The number of anilines is 2. The summed E-state index contributed by atoms with van der Waals surface area (Å²) in [5.41, 5.74) is 2.45. The lowest BCUT2D eigenvalue weighted by molar-refractivity contribution is 0.0600. The van der Waals surface area contributed by atoms with E-state index in [9.17, 15) is 9.59 Å². The van der Waals surface area contributed by atoms with Gasteiger partial charge in [-0.2, -0.15) is 0 Å². The van der Waals surface area contributed by atoms with Crippen LogP contribution in [0.25, 0.3) is 0 Å². The van der Waals surface area contributed by atoms with Crippen molar-refractivity contribution in [2.24, 2.45) is 0 Å². The summed E-state index contributed by atoms with van der Waals surface area (Å²) in [5, 5.41) is 2.50. The van der Waals surface area contributed by atoms with Crippen molar-refractivity contribution in [3.63, 3.8) is 0 Å². The fourth-order valence-electron chi connectivity index (χ4n) is 2.33. The second kappa shape index (κ2) is 7.27. The summed E-state index contributed by atoms with van der Waals surface area (Å²) >= 11 is 1.41. The average molecular weight is 352 g/mol. The Balaban J connectivity index is 1.98. The molecule has 6 heteroatoms. The molecule has 0 fully saturated rings. The summed E-state index contributed by atoms with van der Waals surface area (Å²) in [4.78, 5) is 30.6. The van der Waals surface area contributed by atoms with E-state index in [0.29, 0.717) is 16.3 Å². The Bertz CT molecular complexity index is 889. The van der Waals surface area contributed by atoms with Gasteiger partial charge in [0.1, 0.15) is 0 Å². The fraction of sp³-hybridized carbons (Fsp3) is 0.105. The zero-order valence-electron chi connectivity index (χ0n) is 13.8. The zero-order valence-corrected chi connectivity index (χ0v) is 14.6. The maximum atomic E-state index is 13.1. The van der Waals surface area contributed by atoms with Gasteiger partial charge >= 0.3 is 5.97 Å². The SMILES string of the molecule is COC(=O)c1ccc(C(=O)N(c2ccccc2)c2nc(C)cs2)cc1. The molecule has 1 aromatic heterocycles. The van der Waals surface area contributed by atoms with E-state index in [4.69, 9.17) is 0 Å². The molecule has 0 aliphatic heterocycles. The molecule has 1 amide bonds. The van der Waals surface area contributed by atoms with E-state index in [-0.39, 0.29) is 5.91 Å². The van der Waals surface area contributed by atoms with E-state index in [1.807, 2.05) is 42.6 Å². The first-order valence-electron chi connectivity index (χ1n) is 7.60. The van der Waals surface area contributed by atoms with Gasteiger partial charge in [0.2, 0.25) is 0 Å². The molecular weight excluding hydrogens is 336 g/mol. The van der Waals surface area contributed by atoms with Crippen LogP contribution in [-0.2, 0) is 4.74 Å². The van der Waals surface area contributed by atoms with Crippen LogP contribution >= 0.6 is 11.3 Å². The highest BCUT2D eigenvalue weighted by atomic mass is 32.1. The molecule has 0 N–H and O–H groups in total. The predicted octanol–water partition coefficient (Wildman–Crippen LogP) is 4.22. The number of hydrogen-bond donors (Lipinski definition) is 0. The summed E-state index contributed by atoms with van der Waals surface area (Å²) in [6.45, 7) is 1.89. The molecule has 0 saturated carbocycles. The normalized spacial score (nSPS) is 10.3. The Morgan fingerprint density at radius 3 is 2.20 bits per heavy atom. The third-order valence-electron chi connectivity index (χ3n) is 3.57. The van der Waals surface area contributed by atoms with Gasteiger partial charge in [0.25, 0.3) is 5.91 Å². The zero-order chi connectivity index (χ0) is 17.8. The van der Waals surface area contributed by atoms with Gasteiger partial charge in [-0.15, -0.1) is 11.3 Å². The number of benzene rings is 2. The highest BCUT2D eigenvalue weighted by Gasteiger charge is 2.22. The van der Waals surface area contributed by atoms with Crippen LogP contribution in [0.15, 0.2) is 60.0 Å². The van der Waals surface area contributed by atoms with Crippen LogP contribution in [0.1, 0.15) is 26.4 Å². The molecule has 3 rings (SSSR count). The van der Waals surface area contributed by atoms with Crippen LogP contribution in [0, 0.1) is 6.92 Å². The van der Waals surface area contributed by atoms with Gasteiger partial charge < -0.3 is 4.74 Å².